The topological polar surface area (TPSA) is 21.3 Å². The van der Waals surface area contributed by atoms with E-state index in [0.29, 0.717) is 10.5 Å². The van der Waals surface area contributed by atoms with Crippen LogP contribution in [0.3, 0.4) is 0 Å². The highest BCUT2D eigenvalue weighted by atomic mass is 79.9. The highest BCUT2D eigenvalue weighted by Gasteiger charge is 2.34. The second-order valence-corrected chi connectivity index (χ2v) is 5.84. The molecule has 0 aliphatic carbocycles. The predicted molar refractivity (Wildman–Crippen MR) is 74.9 cm³/mol. The summed E-state index contributed by atoms with van der Waals surface area (Å²) in [5.74, 6) is -0.109. The number of hydrogen-bond donors (Lipinski definition) is 1. The van der Waals surface area contributed by atoms with Gasteiger partial charge in [0.25, 0.3) is 0 Å². The Labute approximate surface area is 124 Å². The number of nitrogens with one attached hydrogen (secondary N) is 1. The molecule has 0 saturated carbocycles. The van der Waals surface area contributed by atoms with Crippen molar-refractivity contribution in [3.63, 3.8) is 0 Å². The third-order valence-corrected chi connectivity index (χ3v) is 3.88. The Morgan fingerprint density at radius 3 is 2.75 bits per heavy atom. The Kier molecular flexibility index (Phi) is 5.32. The summed E-state index contributed by atoms with van der Waals surface area (Å²) in [7, 11) is 0. The summed E-state index contributed by atoms with van der Waals surface area (Å²) in [6.45, 7) is 1.27. The van der Waals surface area contributed by atoms with Gasteiger partial charge in [-0.1, -0.05) is 22.4 Å². The van der Waals surface area contributed by atoms with Gasteiger partial charge in [-0.2, -0.15) is 13.2 Å². The fourth-order valence-electron chi connectivity index (χ4n) is 2.33. The van der Waals surface area contributed by atoms with Crippen LogP contribution in [0.15, 0.2) is 22.7 Å². The minimum atomic E-state index is -4.39. The largest absolute Gasteiger partial charge is 0.493 e. The van der Waals surface area contributed by atoms with Crippen molar-refractivity contribution in [2.45, 2.75) is 37.9 Å². The zero-order valence-corrected chi connectivity index (χ0v) is 12.6. The Hall–Kier alpha value is -0.750. The molecule has 0 amide bonds. The number of alkyl halides is 3. The molecule has 2 rings (SSSR count). The molecule has 1 aromatic rings. The summed E-state index contributed by atoms with van der Waals surface area (Å²) >= 11 is 3.17. The number of rotatable bonds is 4. The van der Waals surface area contributed by atoms with Gasteiger partial charge < -0.3 is 10.1 Å². The maximum atomic E-state index is 12.9. The van der Waals surface area contributed by atoms with Gasteiger partial charge in [-0.15, -0.1) is 0 Å². The molecule has 1 saturated heterocycles. The first-order chi connectivity index (χ1) is 9.47. The van der Waals surface area contributed by atoms with Crippen LogP contribution in [0.25, 0.3) is 0 Å². The van der Waals surface area contributed by atoms with Crippen molar-refractivity contribution in [3.05, 3.63) is 28.2 Å². The van der Waals surface area contributed by atoms with Gasteiger partial charge >= 0.3 is 6.18 Å². The number of hydrogen-bond acceptors (Lipinski definition) is 2. The Morgan fingerprint density at radius 2 is 2.10 bits per heavy atom. The van der Waals surface area contributed by atoms with E-state index in [-0.39, 0.29) is 12.4 Å². The maximum Gasteiger partial charge on any atom is 0.419 e. The smallest absolute Gasteiger partial charge is 0.419 e. The van der Waals surface area contributed by atoms with E-state index in [1.54, 1.807) is 0 Å². The molecule has 1 atom stereocenters. The van der Waals surface area contributed by atoms with Crippen molar-refractivity contribution in [1.29, 1.82) is 0 Å². The second kappa shape index (κ2) is 6.80. The Balaban J connectivity index is 1.95. The van der Waals surface area contributed by atoms with Crippen molar-refractivity contribution in [2.75, 3.05) is 13.2 Å². The van der Waals surface area contributed by atoms with Crippen molar-refractivity contribution < 1.29 is 17.9 Å². The lowest BCUT2D eigenvalue weighted by atomic mass is 10.0. The summed E-state index contributed by atoms with van der Waals surface area (Å²) < 4.78 is 44.5. The second-order valence-electron chi connectivity index (χ2n) is 4.92. The Bertz CT molecular complexity index is 445. The van der Waals surface area contributed by atoms with Crippen LogP contribution in [0.1, 0.15) is 31.2 Å². The molecule has 1 unspecified atom stereocenters. The predicted octanol–water partition coefficient (Wildman–Crippen LogP) is 4.38. The molecule has 1 N–H and O–H groups in total. The zero-order valence-electron chi connectivity index (χ0n) is 11.0. The molecular weight excluding hydrogens is 335 g/mol. The van der Waals surface area contributed by atoms with Gasteiger partial charge in [0, 0.05) is 10.5 Å². The summed E-state index contributed by atoms with van der Waals surface area (Å²) in [6, 6.07) is 4.14. The average molecular weight is 352 g/mol. The molecule has 1 heterocycles. The van der Waals surface area contributed by atoms with E-state index >= 15 is 0 Å². The lowest BCUT2D eigenvalue weighted by Crippen LogP contribution is -2.35. The van der Waals surface area contributed by atoms with Crippen LogP contribution < -0.4 is 10.1 Å². The molecule has 1 fully saturated rings. The summed E-state index contributed by atoms with van der Waals surface area (Å²) in [5.41, 5.74) is -0.725. The molecule has 112 valence electrons. The third-order valence-electron chi connectivity index (χ3n) is 3.39. The monoisotopic (exact) mass is 351 g/mol. The van der Waals surface area contributed by atoms with E-state index in [0.717, 1.165) is 25.5 Å². The van der Waals surface area contributed by atoms with Gasteiger partial charge in [0.1, 0.15) is 5.75 Å². The first kappa shape index (κ1) is 15.6. The minimum Gasteiger partial charge on any atom is -0.493 e. The highest BCUT2D eigenvalue weighted by molar-refractivity contribution is 9.10. The van der Waals surface area contributed by atoms with Crippen molar-refractivity contribution in [2.24, 2.45) is 0 Å². The lowest BCUT2D eigenvalue weighted by molar-refractivity contribution is -0.139. The van der Waals surface area contributed by atoms with Crippen LogP contribution in [0.4, 0.5) is 13.2 Å². The van der Waals surface area contributed by atoms with E-state index in [1.807, 2.05) is 0 Å². The third kappa shape index (κ3) is 4.38. The first-order valence-electron chi connectivity index (χ1n) is 6.70. The number of ether oxygens (including phenoxy) is 1. The standard InChI is InChI=1S/C14H17BrF3NO/c15-10-4-5-12(14(16,17)18)13(9-10)20-8-6-11-3-1-2-7-19-11/h4-5,9,11,19H,1-3,6-8H2. The average Bonchev–Trinajstić information content (AvgIpc) is 2.38. The van der Waals surface area contributed by atoms with Gasteiger partial charge in [-0.05, 0) is 44.0 Å². The maximum absolute atomic E-state index is 12.9. The molecule has 0 radical (unpaired) electrons. The quantitative estimate of drug-likeness (QED) is 0.869. The summed E-state index contributed by atoms with van der Waals surface area (Å²) in [5, 5.41) is 3.35. The van der Waals surface area contributed by atoms with Gasteiger partial charge in [0.15, 0.2) is 0 Å². The fraction of sp³-hybridized carbons (Fsp3) is 0.571. The molecule has 1 aromatic carbocycles. The van der Waals surface area contributed by atoms with Crippen LogP contribution in [-0.4, -0.2) is 19.2 Å². The molecule has 6 heteroatoms. The molecule has 20 heavy (non-hydrogen) atoms. The van der Waals surface area contributed by atoms with Crippen LogP contribution in [0, 0.1) is 0 Å². The molecule has 0 bridgehead atoms. The molecular formula is C14H17BrF3NO. The summed E-state index contributed by atoms with van der Waals surface area (Å²) in [4.78, 5) is 0. The van der Waals surface area contributed by atoms with E-state index in [1.165, 1.54) is 25.0 Å². The van der Waals surface area contributed by atoms with Crippen LogP contribution >= 0.6 is 15.9 Å². The number of benzene rings is 1. The molecule has 0 spiro atoms. The van der Waals surface area contributed by atoms with E-state index in [2.05, 4.69) is 21.2 Å². The first-order valence-corrected chi connectivity index (χ1v) is 7.49. The van der Waals surface area contributed by atoms with Crippen molar-refractivity contribution in [1.82, 2.24) is 5.32 Å². The van der Waals surface area contributed by atoms with Gasteiger partial charge in [-0.25, -0.2) is 0 Å². The highest BCUT2D eigenvalue weighted by Crippen LogP contribution is 2.37. The minimum absolute atomic E-state index is 0.109. The number of piperidine rings is 1. The normalized spacial score (nSPS) is 19.9. The Morgan fingerprint density at radius 1 is 1.30 bits per heavy atom. The van der Waals surface area contributed by atoms with E-state index in [9.17, 15) is 13.2 Å². The van der Waals surface area contributed by atoms with Crippen LogP contribution in [0.2, 0.25) is 0 Å². The number of halogens is 4. The molecule has 2 nitrogen and oxygen atoms in total. The van der Waals surface area contributed by atoms with Crippen LogP contribution in [-0.2, 0) is 6.18 Å². The van der Waals surface area contributed by atoms with E-state index in [4.69, 9.17) is 4.74 Å². The molecule has 1 aliphatic rings. The molecule has 1 aliphatic heterocycles. The van der Waals surface area contributed by atoms with Crippen molar-refractivity contribution in [3.8, 4) is 5.75 Å². The van der Waals surface area contributed by atoms with Crippen molar-refractivity contribution >= 4 is 15.9 Å². The molecule has 0 aromatic heterocycles. The van der Waals surface area contributed by atoms with Gasteiger partial charge in [-0.3, -0.25) is 0 Å². The SMILES string of the molecule is FC(F)(F)c1ccc(Br)cc1OCCC1CCCCN1. The van der Waals surface area contributed by atoms with E-state index < -0.39 is 11.7 Å². The fourth-order valence-corrected chi connectivity index (χ4v) is 2.67. The lowest BCUT2D eigenvalue weighted by Gasteiger charge is -2.23. The summed E-state index contributed by atoms with van der Waals surface area (Å²) in [6.07, 6.45) is -0.263. The van der Waals surface area contributed by atoms with Crippen LogP contribution in [0.5, 0.6) is 5.75 Å². The van der Waals surface area contributed by atoms with Gasteiger partial charge in [0.05, 0.1) is 12.2 Å². The van der Waals surface area contributed by atoms with Gasteiger partial charge in [0.2, 0.25) is 0 Å². The zero-order chi connectivity index (χ0) is 14.6.